The molecule has 3 nitrogen and oxygen atoms in total. The largest absolute Gasteiger partial charge is 0.390 e. The monoisotopic (exact) mass is 211 g/mol. The van der Waals surface area contributed by atoms with Crippen LogP contribution in [0, 0.1) is 11.8 Å². The number of amides is 1. The summed E-state index contributed by atoms with van der Waals surface area (Å²) in [6, 6.07) is 0. The number of hydrogen-bond donors (Lipinski definition) is 1. The molecule has 1 atom stereocenters. The maximum absolute atomic E-state index is 11.9. The summed E-state index contributed by atoms with van der Waals surface area (Å²) in [6.07, 6.45) is 4.22. The van der Waals surface area contributed by atoms with Gasteiger partial charge in [-0.1, -0.05) is 0 Å². The molecule has 0 spiro atoms. The zero-order valence-corrected chi connectivity index (χ0v) is 9.70. The fraction of sp³-hybridized carbons (Fsp3) is 0.917. The van der Waals surface area contributed by atoms with Gasteiger partial charge >= 0.3 is 0 Å². The fourth-order valence-electron chi connectivity index (χ4n) is 2.34. The first-order valence-corrected chi connectivity index (χ1v) is 5.99. The van der Waals surface area contributed by atoms with E-state index < -0.39 is 5.60 Å². The van der Waals surface area contributed by atoms with Gasteiger partial charge in [-0.3, -0.25) is 4.79 Å². The third-order valence-corrected chi connectivity index (χ3v) is 3.66. The lowest BCUT2D eigenvalue weighted by Crippen LogP contribution is -2.47. The second kappa shape index (κ2) is 3.78. The van der Waals surface area contributed by atoms with Crippen molar-refractivity contribution in [3.63, 3.8) is 0 Å². The molecule has 1 saturated carbocycles. The van der Waals surface area contributed by atoms with Crippen LogP contribution >= 0.6 is 0 Å². The van der Waals surface area contributed by atoms with Gasteiger partial charge in [0.05, 0.1) is 5.60 Å². The molecule has 2 aliphatic rings. The minimum atomic E-state index is -0.650. The third kappa shape index (κ3) is 2.51. The van der Waals surface area contributed by atoms with E-state index in [0.29, 0.717) is 11.8 Å². The molecule has 0 bridgehead atoms. The summed E-state index contributed by atoms with van der Waals surface area (Å²) in [5.74, 6) is 0.878. The van der Waals surface area contributed by atoms with E-state index in [-0.39, 0.29) is 5.92 Å². The van der Waals surface area contributed by atoms with Crippen molar-refractivity contribution in [3.8, 4) is 0 Å². The smallest absolute Gasteiger partial charge is 0.225 e. The van der Waals surface area contributed by atoms with Crippen molar-refractivity contribution in [2.75, 3.05) is 13.1 Å². The van der Waals surface area contributed by atoms with Gasteiger partial charge in [0, 0.05) is 24.9 Å². The number of piperidine rings is 1. The van der Waals surface area contributed by atoms with Crippen molar-refractivity contribution in [2.45, 2.75) is 45.1 Å². The summed E-state index contributed by atoms with van der Waals surface area (Å²) in [5.41, 5.74) is -0.650. The molecule has 2 rings (SSSR count). The molecule has 1 unspecified atom stereocenters. The Hall–Kier alpha value is -0.570. The summed E-state index contributed by atoms with van der Waals surface area (Å²) in [5, 5.41) is 9.96. The zero-order chi connectivity index (χ0) is 11.1. The third-order valence-electron chi connectivity index (χ3n) is 3.66. The minimum absolute atomic E-state index is 0.244. The van der Waals surface area contributed by atoms with Crippen molar-refractivity contribution in [1.29, 1.82) is 0 Å². The van der Waals surface area contributed by atoms with Crippen LogP contribution in [-0.4, -0.2) is 34.6 Å². The first-order chi connectivity index (χ1) is 6.98. The van der Waals surface area contributed by atoms with Crippen LogP contribution in [-0.2, 0) is 4.79 Å². The Morgan fingerprint density at radius 1 is 1.33 bits per heavy atom. The number of aliphatic hydroxyl groups is 1. The van der Waals surface area contributed by atoms with E-state index >= 15 is 0 Å². The molecule has 1 amide bonds. The van der Waals surface area contributed by atoms with Crippen molar-refractivity contribution in [3.05, 3.63) is 0 Å². The molecule has 1 heterocycles. The number of rotatable bonds is 2. The van der Waals surface area contributed by atoms with Gasteiger partial charge in [0.1, 0.15) is 0 Å². The molecule has 0 aromatic heterocycles. The average molecular weight is 211 g/mol. The lowest BCUT2D eigenvalue weighted by atomic mass is 9.84. The van der Waals surface area contributed by atoms with Crippen LogP contribution in [0.1, 0.15) is 39.5 Å². The molecule has 15 heavy (non-hydrogen) atoms. The first-order valence-electron chi connectivity index (χ1n) is 5.99. The maximum Gasteiger partial charge on any atom is 0.225 e. The van der Waals surface area contributed by atoms with Crippen LogP contribution in [0.25, 0.3) is 0 Å². The molecular weight excluding hydrogens is 190 g/mol. The average Bonchev–Trinajstić information content (AvgIpc) is 2.99. The van der Waals surface area contributed by atoms with Crippen molar-refractivity contribution >= 4 is 5.91 Å². The van der Waals surface area contributed by atoms with Crippen LogP contribution < -0.4 is 0 Å². The Morgan fingerprint density at radius 2 is 2.00 bits per heavy atom. The molecule has 2 fully saturated rings. The zero-order valence-electron chi connectivity index (χ0n) is 9.70. The van der Waals surface area contributed by atoms with Gasteiger partial charge in [0.15, 0.2) is 0 Å². The summed E-state index contributed by atoms with van der Waals surface area (Å²) in [7, 11) is 0. The van der Waals surface area contributed by atoms with E-state index in [9.17, 15) is 9.90 Å². The van der Waals surface area contributed by atoms with Crippen LogP contribution in [0.2, 0.25) is 0 Å². The number of carbonyl (C=O) groups excluding carboxylic acids is 1. The van der Waals surface area contributed by atoms with Crippen LogP contribution in [0.3, 0.4) is 0 Å². The molecule has 86 valence electrons. The van der Waals surface area contributed by atoms with E-state index in [4.69, 9.17) is 0 Å². The van der Waals surface area contributed by atoms with Gasteiger partial charge in [-0.25, -0.2) is 0 Å². The number of carbonyl (C=O) groups is 1. The molecule has 0 radical (unpaired) electrons. The van der Waals surface area contributed by atoms with Crippen molar-refractivity contribution in [1.82, 2.24) is 4.90 Å². The summed E-state index contributed by atoms with van der Waals surface area (Å²) in [4.78, 5) is 13.8. The highest BCUT2D eigenvalue weighted by Gasteiger charge is 2.38. The van der Waals surface area contributed by atoms with E-state index in [1.54, 1.807) is 0 Å². The molecule has 3 heteroatoms. The van der Waals surface area contributed by atoms with Crippen LogP contribution in [0.4, 0.5) is 0 Å². The predicted molar refractivity (Wildman–Crippen MR) is 58.3 cm³/mol. The highest BCUT2D eigenvalue weighted by molar-refractivity contribution is 5.81. The van der Waals surface area contributed by atoms with Gasteiger partial charge in [0.2, 0.25) is 5.91 Å². The van der Waals surface area contributed by atoms with Gasteiger partial charge < -0.3 is 10.0 Å². The van der Waals surface area contributed by atoms with E-state index in [2.05, 4.69) is 0 Å². The summed E-state index contributed by atoms with van der Waals surface area (Å²) in [6.45, 7) is 5.34. The molecule has 1 N–H and O–H groups in total. The molecule has 0 aromatic carbocycles. The molecule has 1 saturated heterocycles. The van der Waals surface area contributed by atoms with Gasteiger partial charge in [-0.05, 0) is 39.5 Å². The predicted octanol–water partition coefficient (Wildman–Crippen LogP) is 1.41. The fourth-order valence-corrected chi connectivity index (χ4v) is 2.34. The second-order valence-electron chi connectivity index (χ2n) is 5.55. The van der Waals surface area contributed by atoms with Gasteiger partial charge in [-0.2, -0.15) is 0 Å². The van der Waals surface area contributed by atoms with Gasteiger partial charge in [0.25, 0.3) is 0 Å². The SMILES string of the molecule is CC(C)(O)C1CCCN(C(=O)C2CC2)C1. The second-order valence-corrected chi connectivity index (χ2v) is 5.55. The lowest BCUT2D eigenvalue weighted by Gasteiger charge is -2.38. The van der Waals surface area contributed by atoms with Crippen LogP contribution in [0.5, 0.6) is 0 Å². The normalized spacial score (nSPS) is 27.9. The Kier molecular flexibility index (Phi) is 2.75. The Morgan fingerprint density at radius 3 is 2.53 bits per heavy atom. The Balaban J connectivity index is 1.94. The summed E-state index contributed by atoms with van der Waals surface area (Å²) < 4.78 is 0. The molecular formula is C12H21NO2. The molecule has 1 aliphatic heterocycles. The lowest BCUT2D eigenvalue weighted by molar-refractivity contribution is -0.136. The topological polar surface area (TPSA) is 40.5 Å². The van der Waals surface area contributed by atoms with Crippen molar-refractivity contribution < 1.29 is 9.90 Å². The minimum Gasteiger partial charge on any atom is -0.390 e. The van der Waals surface area contributed by atoms with Gasteiger partial charge in [-0.15, -0.1) is 0 Å². The van der Waals surface area contributed by atoms with E-state index in [1.807, 2.05) is 18.7 Å². The maximum atomic E-state index is 11.9. The first kappa shape index (κ1) is 10.9. The summed E-state index contributed by atoms with van der Waals surface area (Å²) >= 11 is 0. The molecule has 1 aliphatic carbocycles. The number of hydrogen-bond acceptors (Lipinski definition) is 2. The standard InChI is InChI=1S/C12H21NO2/c1-12(2,15)10-4-3-7-13(8-10)11(14)9-5-6-9/h9-10,15H,3-8H2,1-2H3. The number of likely N-dealkylation sites (tertiary alicyclic amines) is 1. The Labute approximate surface area is 91.5 Å². The van der Waals surface area contributed by atoms with Crippen LogP contribution in [0.15, 0.2) is 0 Å². The quantitative estimate of drug-likeness (QED) is 0.750. The van der Waals surface area contributed by atoms with E-state index in [0.717, 1.165) is 38.8 Å². The molecule has 0 aromatic rings. The Bertz CT molecular complexity index is 253. The highest BCUT2D eigenvalue weighted by atomic mass is 16.3. The van der Waals surface area contributed by atoms with E-state index in [1.165, 1.54) is 0 Å². The highest BCUT2D eigenvalue weighted by Crippen LogP contribution is 2.34. The van der Waals surface area contributed by atoms with Crippen molar-refractivity contribution in [2.24, 2.45) is 11.8 Å². The number of nitrogens with zero attached hydrogens (tertiary/aromatic N) is 1.